The Morgan fingerprint density at radius 1 is 1.00 bits per heavy atom. The molecule has 1 heterocycles. The third-order valence-electron chi connectivity index (χ3n) is 6.10. The van der Waals surface area contributed by atoms with E-state index in [1.165, 1.54) is 43.2 Å². The van der Waals surface area contributed by atoms with Crippen molar-refractivity contribution in [3.63, 3.8) is 0 Å². The first-order valence-electron chi connectivity index (χ1n) is 11.5. The van der Waals surface area contributed by atoms with E-state index in [0.29, 0.717) is 12.2 Å². The Morgan fingerprint density at radius 2 is 1.67 bits per heavy atom. The molecule has 8 heteroatoms. The maximum Gasteiger partial charge on any atom is 0.304 e. The minimum atomic E-state index is -3.84. The van der Waals surface area contributed by atoms with Gasteiger partial charge in [0.2, 0.25) is 5.91 Å². The second-order valence-corrected chi connectivity index (χ2v) is 11.0. The number of anilines is 1. The zero-order valence-corrected chi connectivity index (χ0v) is 21.0. The molecular formula is C25H36N4O3S. The number of carbonyl (C=O) groups is 1. The molecule has 2 aromatic carbocycles. The molecule has 0 atom stereocenters. The number of rotatable bonds is 9. The number of benzene rings is 2. The monoisotopic (exact) mass is 472 g/mol. The Bertz CT molecular complexity index is 1060. The fourth-order valence-corrected chi connectivity index (χ4v) is 5.22. The number of hydrogen-bond acceptors (Lipinski definition) is 4. The van der Waals surface area contributed by atoms with E-state index in [9.17, 15) is 13.2 Å². The Balaban J connectivity index is 1.73. The summed E-state index contributed by atoms with van der Waals surface area (Å²) in [7, 11) is -0.889. The van der Waals surface area contributed by atoms with Crippen LogP contribution in [0, 0.1) is 13.8 Å². The zero-order chi connectivity index (χ0) is 24.0. The normalized spacial score (nSPS) is 14.9. The summed E-state index contributed by atoms with van der Waals surface area (Å²) in [5.41, 5.74) is 4.51. The average Bonchev–Trinajstić information content (AvgIpc) is 2.79. The van der Waals surface area contributed by atoms with E-state index in [1.807, 2.05) is 44.2 Å². The van der Waals surface area contributed by atoms with Crippen LogP contribution in [0.4, 0.5) is 5.69 Å². The van der Waals surface area contributed by atoms with Gasteiger partial charge in [0.05, 0.1) is 5.69 Å². The van der Waals surface area contributed by atoms with Crippen LogP contribution in [0.15, 0.2) is 42.5 Å². The number of carbonyl (C=O) groups excluding carboxylic acids is 1. The lowest BCUT2D eigenvalue weighted by Gasteiger charge is -2.29. The maximum absolute atomic E-state index is 13.0. The van der Waals surface area contributed by atoms with Gasteiger partial charge in [-0.2, -0.15) is 12.7 Å². The summed E-state index contributed by atoms with van der Waals surface area (Å²) >= 11 is 0. The Kier molecular flexibility index (Phi) is 8.51. The average molecular weight is 473 g/mol. The van der Waals surface area contributed by atoms with Crippen LogP contribution in [-0.4, -0.2) is 57.3 Å². The predicted molar refractivity (Wildman–Crippen MR) is 133 cm³/mol. The molecule has 7 nitrogen and oxygen atoms in total. The summed E-state index contributed by atoms with van der Waals surface area (Å²) in [4.78, 5) is 15.4. The quantitative estimate of drug-likeness (QED) is 0.608. The van der Waals surface area contributed by atoms with Gasteiger partial charge in [0, 0.05) is 27.2 Å². The summed E-state index contributed by atoms with van der Waals surface area (Å²) in [6.45, 7) is 6.92. The molecule has 180 valence electrons. The molecule has 0 aromatic heterocycles. The lowest BCUT2D eigenvalue weighted by Crippen LogP contribution is -2.46. The summed E-state index contributed by atoms with van der Waals surface area (Å²) in [5.74, 6) is -0.339. The van der Waals surface area contributed by atoms with E-state index < -0.39 is 10.2 Å². The number of aryl methyl sites for hydroxylation is 2. The Hall–Kier alpha value is -2.42. The zero-order valence-electron chi connectivity index (χ0n) is 20.2. The molecule has 0 aliphatic carbocycles. The molecule has 1 N–H and O–H groups in total. The molecule has 0 unspecified atom stereocenters. The van der Waals surface area contributed by atoms with E-state index in [-0.39, 0.29) is 12.5 Å². The highest BCUT2D eigenvalue weighted by molar-refractivity contribution is 7.90. The molecule has 1 aliphatic heterocycles. The first-order chi connectivity index (χ1) is 15.7. The molecule has 1 saturated heterocycles. The van der Waals surface area contributed by atoms with Crippen LogP contribution in [0.5, 0.6) is 0 Å². The highest BCUT2D eigenvalue weighted by Gasteiger charge is 2.28. The largest absolute Gasteiger partial charge is 0.350 e. The summed E-state index contributed by atoms with van der Waals surface area (Å²) < 4.78 is 28.4. The third-order valence-corrected chi connectivity index (χ3v) is 7.90. The van der Waals surface area contributed by atoms with Crippen molar-refractivity contribution < 1.29 is 13.2 Å². The van der Waals surface area contributed by atoms with E-state index in [1.54, 1.807) is 6.07 Å². The fourth-order valence-electron chi connectivity index (χ4n) is 4.10. The van der Waals surface area contributed by atoms with E-state index in [4.69, 9.17) is 0 Å². The molecule has 0 radical (unpaired) electrons. The molecule has 1 amide bonds. The Labute approximate surface area is 198 Å². The van der Waals surface area contributed by atoms with Gasteiger partial charge in [0.15, 0.2) is 0 Å². The van der Waals surface area contributed by atoms with Crippen LogP contribution in [0.25, 0.3) is 0 Å². The number of nitrogens with zero attached hydrogens (tertiary/aromatic N) is 3. The van der Waals surface area contributed by atoms with E-state index in [2.05, 4.69) is 16.3 Å². The molecule has 0 bridgehead atoms. The van der Waals surface area contributed by atoms with E-state index >= 15 is 0 Å². The molecule has 2 aromatic rings. The topological polar surface area (TPSA) is 73.0 Å². The van der Waals surface area contributed by atoms with Gasteiger partial charge in [-0.15, -0.1) is 0 Å². The predicted octanol–water partition coefficient (Wildman–Crippen LogP) is 3.22. The highest BCUT2D eigenvalue weighted by Crippen LogP contribution is 2.25. The van der Waals surface area contributed by atoms with Gasteiger partial charge in [-0.05, 0) is 68.1 Å². The lowest BCUT2D eigenvalue weighted by molar-refractivity contribution is -0.119. The van der Waals surface area contributed by atoms with Crippen molar-refractivity contribution in [2.24, 2.45) is 0 Å². The number of hydrogen-bond donors (Lipinski definition) is 1. The smallest absolute Gasteiger partial charge is 0.304 e. The van der Waals surface area contributed by atoms with Gasteiger partial charge in [-0.3, -0.25) is 9.69 Å². The molecule has 0 spiro atoms. The van der Waals surface area contributed by atoms with Crippen LogP contribution in [0.3, 0.4) is 0 Å². The van der Waals surface area contributed by atoms with Gasteiger partial charge < -0.3 is 5.32 Å². The van der Waals surface area contributed by atoms with Crippen molar-refractivity contribution in [1.82, 2.24) is 14.5 Å². The van der Waals surface area contributed by atoms with Crippen molar-refractivity contribution in [3.05, 3.63) is 64.7 Å². The standard InChI is InChI=1S/C25H36N4O3S/c1-20-12-13-21(2)24(16-20)29(33(31,32)27(3)4)19-25(30)26-17-22-10-6-7-11-23(22)18-28-14-8-5-9-15-28/h6-7,10-13,16H,5,8-9,14-15,17-19H2,1-4H3,(H,26,30). The van der Waals surface area contributed by atoms with Crippen molar-refractivity contribution in [1.29, 1.82) is 0 Å². The molecule has 3 rings (SSSR count). The fraction of sp³-hybridized carbons (Fsp3) is 0.480. The van der Waals surface area contributed by atoms with Gasteiger partial charge in [-0.25, -0.2) is 4.31 Å². The van der Waals surface area contributed by atoms with Gasteiger partial charge in [0.25, 0.3) is 0 Å². The first kappa shape index (κ1) is 25.2. The van der Waals surface area contributed by atoms with Crippen LogP contribution >= 0.6 is 0 Å². The number of likely N-dealkylation sites (tertiary alicyclic amines) is 1. The highest BCUT2D eigenvalue weighted by atomic mass is 32.2. The van der Waals surface area contributed by atoms with Gasteiger partial charge >= 0.3 is 10.2 Å². The van der Waals surface area contributed by atoms with Crippen molar-refractivity contribution in [2.45, 2.75) is 46.2 Å². The molecule has 0 saturated carbocycles. The number of amides is 1. The van der Waals surface area contributed by atoms with Crippen molar-refractivity contribution in [2.75, 3.05) is 38.0 Å². The van der Waals surface area contributed by atoms with Crippen LogP contribution < -0.4 is 9.62 Å². The number of nitrogens with one attached hydrogen (secondary N) is 1. The van der Waals surface area contributed by atoms with Crippen molar-refractivity contribution >= 4 is 21.8 Å². The van der Waals surface area contributed by atoms with Crippen molar-refractivity contribution in [3.8, 4) is 0 Å². The Morgan fingerprint density at radius 3 is 2.33 bits per heavy atom. The summed E-state index contributed by atoms with van der Waals surface area (Å²) in [6.07, 6.45) is 3.75. The second-order valence-electron chi connectivity index (χ2n) is 8.97. The summed E-state index contributed by atoms with van der Waals surface area (Å²) in [6, 6.07) is 13.7. The molecule has 1 aliphatic rings. The van der Waals surface area contributed by atoms with Crippen LogP contribution in [0.1, 0.15) is 41.5 Å². The first-order valence-corrected chi connectivity index (χ1v) is 12.9. The lowest BCUT2D eigenvalue weighted by atomic mass is 10.0. The van der Waals surface area contributed by atoms with Gasteiger partial charge in [0.1, 0.15) is 6.54 Å². The number of piperidine rings is 1. The minimum absolute atomic E-state index is 0.279. The third kappa shape index (κ3) is 6.56. The van der Waals surface area contributed by atoms with Crippen LogP contribution in [0.2, 0.25) is 0 Å². The van der Waals surface area contributed by atoms with E-state index in [0.717, 1.165) is 40.6 Å². The summed E-state index contributed by atoms with van der Waals surface area (Å²) in [5, 5.41) is 2.94. The molecular weight excluding hydrogens is 436 g/mol. The van der Waals surface area contributed by atoms with Crippen LogP contribution in [-0.2, 0) is 28.1 Å². The second kappa shape index (κ2) is 11.1. The SMILES string of the molecule is Cc1ccc(C)c(N(CC(=O)NCc2ccccc2CN2CCCCC2)S(=O)(=O)N(C)C)c1. The maximum atomic E-state index is 13.0. The van der Waals surface area contributed by atoms with Gasteiger partial charge in [-0.1, -0.05) is 42.8 Å². The molecule has 1 fully saturated rings. The molecule has 33 heavy (non-hydrogen) atoms. The minimum Gasteiger partial charge on any atom is -0.350 e.